The van der Waals surface area contributed by atoms with E-state index in [1.54, 1.807) is 6.08 Å². The maximum Gasteiger partial charge on any atom is 0.492 e. The highest BCUT2D eigenvalue weighted by Crippen LogP contribution is 2.25. The monoisotopic (exact) mass is 329 g/mol. The van der Waals surface area contributed by atoms with Crippen LogP contribution in [0.5, 0.6) is 0 Å². The van der Waals surface area contributed by atoms with Crippen molar-refractivity contribution in [3.63, 3.8) is 0 Å². The zero-order valence-electron chi connectivity index (χ0n) is 12.2. The Morgan fingerprint density at radius 1 is 1.33 bits per heavy atom. The number of carbonyl (C=O) groups excluding carboxylic acids is 1. The molecule has 3 N–H and O–H groups in total. The van der Waals surface area contributed by atoms with Crippen molar-refractivity contribution >= 4 is 40.6 Å². The van der Waals surface area contributed by atoms with E-state index in [-0.39, 0.29) is 11.4 Å². The fourth-order valence-corrected chi connectivity index (χ4v) is 2.39. The number of ether oxygens (including phenoxy) is 1. The summed E-state index contributed by atoms with van der Waals surface area (Å²) in [6, 6.07) is 2.34. The number of aliphatic imine (C=N–C) groups is 1. The van der Waals surface area contributed by atoms with E-state index in [4.69, 9.17) is 10.5 Å². The van der Waals surface area contributed by atoms with Crippen LogP contribution in [-0.2, 0) is 4.74 Å². The fourth-order valence-electron chi connectivity index (χ4n) is 2.39. The second-order valence-electron chi connectivity index (χ2n) is 5.09. The molecule has 0 fully saturated rings. The first-order chi connectivity index (χ1) is 11.5. The predicted molar refractivity (Wildman–Crippen MR) is 85.1 cm³/mol. The van der Waals surface area contributed by atoms with Crippen molar-refractivity contribution in [1.29, 1.82) is 0 Å². The van der Waals surface area contributed by atoms with Gasteiger partial charge >= 0.3 is 23.4 Å². The molecular weight excluding hydrogens is 320 g/mol. The summed E-state index contributed by atoms with van der Waals surface area (Å²) in [6.07, 6.45) is 1.57. The Hall–Kier alpha value is -3.54. The number of nitrogen functional groups attached to an aromatic ring is 1. The molecule has 1 aromatic carbocycles. The van der Waals surface area contributed by atoms with Crippen LogP contribution in [0.3, 0.4) is 0 Å². The quantitative estimate of drug-likeness (QED) is 0.426. The van der Waals surface area contributed by atoms with Gasteiger partial charge < -0.3 is 10.5 Å². The highest BCUT2D eigenvalue weighted by Gasteiger charge is 2.48. The largest absolute Gasteiger partial charge is 0.492 e. The van der Waals surface area contributed by atoms with E-state index in [0.29, 0.717) is 29.0 Å². The number of amidine groups is 3. The summed E-state index contributed by atoms with van der Waals surface area (Å²) in [4.78, 5) is 16.3. The number of hydrogen-bond donors (Lipinski definition) is 2. The molecule has 3 aliphatic heterocycles. The molecule has 7 nitrogen and oxygen atoms in total. The third kappa shape index (κ3) is 1.83. The molecule has 0 unspecified atom stereocenters. The van der Waals surface area contributed by atoms with Gasteiger partial charge in [0.15, 0.2) is 5.82 Å². The van der Waals surface area contributed by atoms with Gasteiger partial charge in [-0.3, -0.25) is 4.79 Å². The molecule has 0 radical (unpaired) electrons. The number of nitrogens with one attached hydrogen (secondary N) is 1. The third-order valence-corrected chi connectivity index (χ3v) is 3.66. The molecule has 0 amide bonds. The molecule has 4 rings (SSSR count). The number of rotatable bonds is 3. The lowest BCUT2D eigenvalue weighted by atomic mass is 9.94. The highest BCUT2D eigenvalue weighted by atomic mass is 19.1. The first-order valence-electron chi connectivity index (χ1n) is 6.81. The van der Waals surface area contributed by atoms with Gasteiger partial charge in [0.2, 0.25) is 11.5 Å². The number of anilines is 1. The van der Waals surface area contributed by atoms with Gasteiger partial charge in [-0.2, -0.15) is 14.7 Å². The molecule has 0 saturated heterocycles. The number of ketones is 1. The molecular formula is C15H9F2N5O2+2. The number of hydrogen-bond acceptors (Lipinski definition) is 5. The minimum absolute atomic E-state index is 0.0666. The Labute approximate surface area is 133 Å². The summed E-state index contributed by atoms with van der Waals surface area (Å²) in [5.41, 5.74) is 5.16. The Morgan fingerprint density at radius 3 is 2.79 bits per heavy atom. The SMILES string of the molecule is COC1=[N+]=C(C2=[N+]=C3N=C(C(=O)c4c(F)ccc(N)c4F)C3=C2)N1. The summed E-state index contributed by atoms with van der Waals surface area (Å²) >= 11 is 0. The van der Waals surface area contributed by atoms with Gasteiger partial charge in [-0.15, -0.1) is 0 Å². The van der Waals surface area contributed by atoms with Crippen LogP contribution in [0.25, 0.3) is 0 Å². The van der Waals surface area contributed by atoms with Crippen LogP contribution in [0.1, 0.15) is 10.4 Å². The fraction of sp³-hybridized carbons (Fsp3) is 0.0667. The van der Waals surface area contributed by atoms with Crippen LogP contribution in [0, 0.1) is 11.6 Å². The van der Waals surface area contributed by atoms with Crippen molar-refractivity contribution in [2.24, 2.45) is 4.99 Å². The van der Waals surface area contributed by atoms with Crippen molar-refractivity contribution in [3.05, 3.63) is 41.0 Å². The van der Waals surface area contributed by atoms with Gasteiger partial charge in [-0.1, -0.05) is 0 Å². The van der Waals surface area contributed by atoms with Crippen LogP contribution in [-0.4, -0.2) is 42.0 Å². The summed E-state index contributed by atoms with van der Waals surface area (Å²) in [5, 5.41) is 2.83. The average molecular weight is 329 g/mol. The Bertz CT molecular complexity index is 1040. The minimum Gasteiger partial charge on any atom is -0.434 e. The number of methoxy groups -OCH3 is 1. The maximum absolute atomic E-state index is 14.0. The van der Waals surface area contributed by atoms with E-state index in [2.05, 4.69) is 19.6 Å². The van der Waals surface area contributed by atoms with Crippen molar-refractivity contribution in [2.45, 2.75) is 0 Å². The number of carbonyl (C=O) groups is 1. The van der Waals surface area contributed by atoms with E-state index in [9.17, 15) is 13.6 Å². The molecule has 118 valence electrons. The number of nitrogens with two attached hydrogens (primary N) is 1. The first kappa shape index (κ1) is 14.1. The lowest BCUT2D eigenvalue weighted by Gasteiger charge is -2.08. The lowest BCUT2D eigenvalue weighted by Crippen LogP contribution is -2.48. The number of benzene rings is 1. The van der Waals surface area contributed by atoms with Crippen molar-refractivity contribution in [2.75, 3.05) is 12.8 Å². The lowest BCUT2D eigenvalue weighted by molar-refractivity contribution is 0.105. The van der Waals surface area contributed by atoms with E-state index >= 15 is 0 Å². The maximum atomic E-state index is 14.0. The molecule has 0 saturated carbocycles. The van der Waals surface area contributed by atoms with Crippen LogP contribution in [0.2, 0.25) is 0 Å². The van der Waals surface area contributed by atoms with Gasteiger partial charge in [0.25, 0.3) is 0 Å². The standard InChI is InChI=1S/C15H8F2N5O2/c1-24-15-21-14(22-15)8-4-5-11(20-13(5)19-8)12(23)9-6(16)2-3-7(18)10(9)17/h2-4H,18H2,1H3/q+1/p+1. The van der Waals surface area contributed by atoms with E-state index in [0.717, 1.165) is 12.1 Å². The molecule has 0 aromatic heterocycles. The van der Waals surface area contributed by atoms with E-state index in [1.807, 2.05) is 0 Å². The molecule has 3 aliphatic rings. The number of nitrogens with zero attached hydrogens (tertiary/aromatic N) is 3. The third-order valence-electron chi connectivity index (χ3n) is 3.66. The first-order valence-corrected chi connectivity index (χ1v) is 6.81. The molecule has 9 heteroatoms. The summed E-state index contributed by atoms with van der Waals surface area (Å²) in [7, 11) is 1.46. The zero-order valence-corrected chi connectivity index (χ0v) is 12.2. The summed E-state index contributed by atoms with van der Waals surface area (Å²) < 4.78 is 40.9. The number of halogens is 2. The van der Waals surface area contributed by atoms with Crippen molar-refractivity contribution < 1.29 is 18.3 Å². The smallest absolute Gasteiger partial charge is 0.434 e. The Kier molecular flexibility index (Phi) is 2.77. The van der Waals surface area contributed by atoms with Crippen molar-refractivity contribution in [1.82, 2.24) is 14.7 Å². The number of Topliss-reactive ketones (excluding diaryl/α,β-unsaturated/α-hetero) is 1. The second-order valence-corrected chi connectivity index (χ2v) is 5.09. The van der Waals surface area contributed by atoms with E-state index in [1.165, 1.54) is 7.11 Å². The predicted octanol–water partition coefficient (Wildman–Crippen LogP) is -0.898. The summed E-state index contributed by atoms with van der Waals surface area (Å²) in [5.74, 6) is -2.19. The molecule has 0 bridgehead atoms. The average Bonchev–Trinajstić information content (AvgIpc) is 2.80. The number of fused-ring (bicyclic) bond motifs is 1. The van der Waals surface area contributed by atoms with Crippen LogP contribution in [0.15, 0.2) is 28.8 Å². The topological polar surface area (TPSA) is 105 Å². The van der Waals surface area contributed by atoms with Gasteiger partial charge in [-0.05, 0) is 17.1 Å². The Morgan fingerprint density at radius 2 is 2.08 bits per heavy atom. The minimum atomic E-state index is -1.10. The van der Waals surface area contributed by atoms with Crippen LogP contribution >= 0.6 is 0 Å². The Balaban J connectivity index is 1.66. The molecule has 0 atom stereocenters. The van der Waals surface area contributed by atoms with Gasteiger partial charge in [0.1, 0.15) is 17.0 Å². The molecule has 0 aliphatic carbocycles. The van der Waals surface area contributed by atoms with E-state index < -0.39 is 23.0 Å². The molecule has 3 heterocycles. The molecule has 24 heavy (non-hydrogen) atoms. The van der Waals surface area contributed by atoms with Crippen LogP contribution in [0.4, 0.5) is 14.5 Å². The zero-order chi connectivity index (χ0) is 17.0. The van der Waals surface area contributed by atoms with Gasteiger partial charge in [-0.25, -0.2) is 8.78 Å². The van der Waals surface area contributed by atoms with Crippen molar-refractivity contribution in [3.8, 4) is 0 Å². The normalized spacial score (nSPS) is 17.0. The second kappa shape index (κ2) is 4.73. The summed E-state index contributed by atoms with van der Waals surface area (Å²) in [6.45, 7) is 0. The van der Waals surface area contributed by atoms with Gasteiger partial charge in [0, 0.05) is 6.08 Å². The van der Waals surface area contributed by atoms with Gasteiger partial charge in [0.05, 0.1) is 12.8 Å². The van der Waals surface area contributed by atoms with Crippen LogP contribution < -0.4 is 20.4 Å². The molecule has 0 spiro atoms. The highest BCUT2D eigenvalue weighted by molar-refractivity contribution is 6.66. The molecule has 1 aromatic rings.